The summed E-state index contributed by atoms with van der Waals surface area (Å²) in [5.41, 5.74) is -1.46. The van der Waals surface area contributed by atoms with Crippen LogP contribution >= 0.6 is 15.9 Å². The van der Waals surface area contributed by atoms with E-state index in [0.29, 0.717) is 12.1 Å². The first-order chi connectivity index (χ1) is 7.23. The lowest BCUT2D eigenvalue weighted by Gasteiger charge is -2.09. The van der Waals surface area contributed by atoms with Crippen LogP contribution in [0.3, 0.4) is 0 Å². The van der Waals surface area contributed by atoms with Crippen molar-refractivity contribution in [2.75, 3.05) is 0 Å². The van der Waals surface area contributed by atoms with Crippen LogP contribution in [-0.4, -0.2) is 10.6 Å². The lowest BCUT2D eigenvalue weighted by Crippen LogP contribution is -2.13. The SMILES string of the molecule is CC(Br)C(=O)c1ccc(C(F)(F)F)cc1F. The van der Waals surface area contributed by atoms with E-state index in [-0.39, 0.29) is 5.56 Å². The number of Topliss-reactive ketones (excluding diaryl/α,β-unsaturated/α-hetero) is 1. The normalized spacial score (nSPS) is 13.6. The molecule has 0 heterocycles. The summed E-state index contributed by atoms with van der Waals surface area (Å²) in [5.74, 6) is -1.75. The Morgan fingerprint density at radius 3 is 2.31 bits per heavy atom. The number of hydrogen-bond acceptors (Lipinski definition) is 1. The van der Waals surface area contributed by atoms with Crippen molar-refractivity contribution >= 4 is 21.7 Å². The van der Waals surface area contributed by atoms with Crippen LogP contribution in [0.25, 0.3) is 0 Å². The third kappa shape index (κ3) is 2.81. The summed E-state index contributed by atoms with van der Waals surface area (Å²) in [7, 11) is 0. The van der Waals surface area contributed by atoms with Gasteiger partial charge < -0.3 is 0 Å². The van der Waals surface area contributed by atoms with E-state index in [1.807, 2.05) is 0 Å². The minimum atomic E-state index is -4.61. The second-order valence-electron chi connectivity index (χ2n) is 3.17. The Labute approximate surface area is 97.6 Å². The summed E-state index contributed by atoms with van der Waals surface area (Å²) in [4.78, 5) is 10.7. The largest absolute Gasteiger partial charge is 0.416 e. The molecule has 88 valence electrons. The second kappa shape index (κ2) is 4.53. The van der Waals surface area contributed by atoms with Crippen molar-refractivity contribution in [1.29, 1.82) is 0 Å². The van der Waals surface area contributed by atoms with Gasteiger partial charge in [-0.3, -0.25) is 4.79 Å². The number of alkyl halides is 4. The van der Waals surface area contributed by atoms with Gasteiger partial charge in [0.2, 0.25) is 0 Å². The lowest BCUT2D eigenvalue weighted by molar-refractivity contribution is -0.137. The summed E-state index contributed by atoms with van der Waals surface area (Å²) in [5, 5.41) is 0. The highest BCUT2D eigenvalue weighted by Gasteiger charge is 2.31. The van der Waals surface area contributed by atoms with Gasteiger partial charge in [-0.2, -0.15) is 13.2 Å². The van der Waals surface area contributed by atoms with Crippen molar-refractivity contribution in [1.82, 2.24) is 0 Å². The quantitative estimate of drug-likeness (QED) is 0.461. The van der Waals surface area contributed by atoms with Crippen LogP contribution in [0.1, 0.15) is 22.8 Å². The number of ketones is 1. The number of rotatable bonds is 2. The van der Waals surface area contributed by atoms with Crippen molar-refractivity contribution in [3.05, 3.63) is 35.1 Å². The van der Waals surface area contributed by atoms with E-state index in [2.05, 4.69) is 15.9 Å². The van der Waals surface area contributed by atoms with Crippen LogP contribution < -0.4 is 0 Å². The first-order valence-electron chi connectivity index (χ1n) is 4.28. The van der Waals surface area contributed by atoms with Crippen molar-refractivity contribution in [2.45, 2.75) is 17.9 Å². The zero-order valence-corrected chi connectivity index (χ0v) is 9.69. The van der Waals surface area contributed by atoms with Gasteiger partial charge in [0.1, 0.15) is 5.82 Å². The van der Waals surface area contributed by atoms with Crippen LogP contribution in [-0.2, 0) is 6.18 Å². The molecule has 6 heteroatoms. The number of hydrogen-bond donors (Lipinski definition) is 0. The van der Waals surface area contributed by atoms with E-state index in [9.17, 15) is 22.4 Å². The molecule has 0 amide bonds. The fourth-order valence-electron chi connectivity index (χ4n) is 1.11. The van der Waals surface area contributed by atoms with Gasteiger partial charge in [-0.1, -0.05) is 15.9 Å². The number of benzene rings is 1. The fourth-order valence-corrected chi connectivity index (χ4v) is 1.35. The van der Waals surface area contributed by atoms with E-state index in [1.54, 1.807) is 0 Å². The smallest absolute Gasteiger partial charge is 0.293 e. The van der Waals surface area contributed by atoms with Crippen LogP contribution in [0.5, 0.6) is 0 Å². The summed E-state index contributed by atoms with van der Waals surface area (Å²) < 4.78 is 49.8. The first-order valence-corrected chi connectivity index (χ1v) is 5.20. The Morgan fingerprint density at radius 1 is 1.38 bits per heavy atom. The van der Waals surface area contributed by atoms with Gasteiger partial charge >= 0.3 is 6.18 Å². The first kappa shape index (κ1) is 13.2. The number of carbonyl (C=O) groups excluding carboxylic acids is 1. The van der Waals surface area contributed by atoms with Gasteiger partial charge in [0.15, 0.2) is 5.78 Å². The maximum atomic E-state index is 13.2. The Hall–Kier alpha value is -0.910. The third-order valence-corrected chi connectivity index (χ3v) is 2.34. The number of carbonyl (C=O) groups is 1. The molecular formula is C10H7BrF4O. The molecule has 0 aliphatic carbocycles. The molecule has 1 aromatic rings. The van der Waals surface area contributed by atoms with E-state index < -0.39 is 28.2 Å². The van der Waals surface area contributed by atoms with Gasteiger partial charge in [-0.05, 0) is 25.1 Å². The molecule has 0 fully saturated rings. The molecule has 0 aromatic heterocycles. The van der Waals surface area contributed by atoms with Gasteiger partial charge in [0.25, 0.3) is 0 Å². The van der Waals surface area contributed by atoms with Crippen molar-refractivity contribution in [2.24, 2.45) is 0 Å². The summed E-state index contributed by atoms with van der Waals surface area (Å²) in [6, 6.07) is 1.85. The molecule has 0 saturated carbocycles. The monoisotopic (exact) mass is 298 g/mol. The zero-order valence-electron chi connectivity index (χ0n) is 8.11. The lowest BCUT2D eigenvalue weighted by atomic mass is 10.1. The Morgan fingerprint density at radius 2 is 1.94 bits per heavy atom. The van der Waals surface area contributed by atoms with Gasteiger partial charge in [0, 0.05) is 0 Å². The molecule has 0 aliphatic heterocycles. The highest BCUT2D eigenvalue weighted by atomic mass is 79.9. The van der Waals surface area contributed by atoms with E-state index in [4.69, 9.17) is 0 Å². The van der Waals surface area contributed by atoms with E-state index in [0.717, 1.165) is 6.07 Å². The van der Waals surface area contributed by atoms with E-state index >= 15 is 0 Å². The topological polar surface area (TPSA) is 17.1 Å². The maximum absolute atomic E-state index is 13.2. The molecule has 1 aromatic carbocycles. The molecule has 0 saturated heterocycles. The molecule has 16 heavy (non-hydrogen) atoms. The summed E-state index contributed by atoms with van der Waals surface area (Å²) >= 11 is 2.93. The zero-order chi connectivity index (χ0) is 12.5. The summed E-state index contributed by atoms with van der Waals surface area (Å²) in [6.07, 6.45) is -4.61. The average Bonchev–Trinajstić information content (AvgIpc) is 2.15. The Bertz CT molecular complexity index is 412. The van der Waals surface area contributed by atoms with Crippen LogP contribution in [0.4, 0.5) is 17.6 Å². The molecule has 0 bridgehead atoms. The molecule has 0 aliphatic rings. The van der Waals surface area contributed by atoms with Crippen LogP contribution in [0, 0.1) is 5.82 Å². The molecule has 1 nitrogen and oxygen atoms in total. The van der Waals surface area contributed by atoms with Crippen LogP contribution in [0.15, 0.2) is 18.2 Å². The Kier molecular flexibility index (Phi) is 3.72. The van der Waals surface area contributed by atoms with Crippen molar-refractivity contribution in [3.8, 4) is 0 Å². The molecule has 1 atom stereocenters. The molecule has 1 rings (SSSR count). The average molecular weight is 299 g/mol. The minimum Gasteiger partial charge on any atom is -0.293 e. The highest BCUT2D eigenvalue weighted by Crippen LogP contribution is 2.30. The van der Waals surface area contributed by atoms with E-state index in [1.165, 1.54) is 6.92 Å². The molecule has 0 radical (unpaired) electrons. The predicted octanol–water partition coefficient (Wildman–Crippen LogP) is 3.81. The van der Waals surface area contributed by atoms with Crippen molar-refractivity contribution < 1.29 is 22.4 Å². The molecular weight excluding hydrogens is 292 g/mol. The maximum Gasteiger partial charge on any atom is 0.416 e. The second-order valence-corrected chi connectivity index (χ2v) is 4.55. The Balaban J connectivity index is 3.15. The summed E-state index contributed by atoms with van der Waals surface area (Å²) in [6.45, 7) is 1.47. The standard InChI is InChI=1S/C10H7BrF4O/c1-5(11)9(16)7-3-2-6(4-8(7)12)10(13,14)15/h2-5H,1H3. The highest BCUT2D eigenvalue weighted by molar-refractivity contribution is 9.10. The van der Waals surface area contributed by atoms with Crippen LogP contribution in [0.2, 0.25) is 0 Å². The fraction of sp³-hybridized carbons (Fsp3) is 0.300. The molecule has 0 spiro atoms. The van der Waals surface area contributed by atoms with Gasteiger partial charge in [0.05, 0.1) is 16.0 Å². The third-order valence-electron chi connectivity index (χ3n) is 1.92. The minimum absolute atomic E-state index is 0.322. The molecule has 1 unspecified atom stereocenters. The molecule has 0 N–H and O–H groups in total. The van der Waals surface area contributed by atoms with Gasteiger partial charge in [-0.15, -0.1) is 0 Å². The van der Waals surface area contributed by atoms with Gasteiger partial charge in [-0.25, -0.2) is 4.39 Å². The number of halogens is 5. The predicted molar refractivity (Wildman–Crippen MR) is 54.1 cm³/mol. The van der Waals surface area contributed by atoms with Crippen molar-refractivity contribution in [3.63, 3.8) is 0 Å².